The van der Waals surface area contributed by atoms with Gasteiger partial charge >= 0.3 is 6.03 Å². The number of carbonyl (C=O) groups is 1. The van der Waals surface area contributed by atoms with Crippen LogP contribution in [0.1, 0.15) is 37.7 Å². The van der Waals surface area contributed by atoms with Crippen molar-refractivity contribution in [2.24, 2.45) is 23.7 Å². The first-order valence-electron chi connectivity index (χ1n) is 9.91. The smallest absolute Gasteiger partial charge is 0.315 e. The summed E-state index contributed by atoms with van der Waals surface area (Å²) in [6.45, 7) is 0.505. The van der Waals surface area contributed by atoms with Crippen LogP contribution >= 0.6 is 0 Å². The Hall–Kier alpha value is -2.30. The highest BCUT2D eigenvalue weighted by Gasteiger charge is 2.54. The van der Waals surface area contributed by atoms with Gasteiger partial charge in [-0.25, -0.2) is 9.48 Å². The minimum atomic E-state index is -0.0374. The minimum Gasteiger partial charge on any atom is -0.335 e. The zero-order valence-electron chi connectivity index (χ0n) is 15.0. The topological polar surface area (TPSA) is 59.0 Å². The van der Waals surface area contributed by atoms with Crippen LogP contribution in [0.15, 0.2) is 42.7 Å². The highest BCUT2D eigenvalue weighted by Crippen LogP contribution is 2.58. The van der Waals surface area contributed by atoms with Crippen molar-refractivity contribution in [3.05, 3.63) is 48.3 Å². The summed E-state index contributed by atoms with van der Waals surface area (Å²) in [6, 6.07) is 10.4. The normalized spacial score (nSPS) is 31.8. The van der Waals surface area contributed by atoms with Crippen LogP contribution in [0.3, 0.4) is 0 Å². The van der Waals surface area contributed by atoms with Gasteiger partial charge in [-0.05, 0) is 61.5 Å². The fourth-order valence-electron chi connectivity index (χ4n) is 5.81. The molecule has 2 aromatic rings. The molecule has 26 heavy (non-hydrogen) atoms. The molecule has 0 saturated heterocycles. The van der Waals surface area contributed by atoms with Crippen molar-refractivity contribution in [3.8, 4) is 5.69 Å². The van der Waals surface area contributed by atoms with Crippen molar-refractivity contribution in [2.45, 2.75) is 44.7 Å². The van der Waals surface area contributed by atoms with Gasteiger partial charge in [-0.15, -0.1) is 0 Å². The summed E-state index contributed by atoms with van der Waals surface area (Å²) < 4.78 is 1.84. The summed E-state index contributed by atoms with van der Waals surface area (Å²) >= 11 is 0. The lowest BCUT2D eigenvalue weighted by Crippen LogP contribution is -2.46. The maximum absolute atomic E-state index is 12.4. The SMILES string of the molecule is O=C(NCc1cnn(-c2ccccc2)c1)N[C@@H]1C[C@H]2C[C@H]1[C@H]1CCC[C@H]21. The molecule has 2 bridgehead atoms. The first kappa shape index (κ1) is 15.9. The molecular formula is C21H26N4O. The molecule has 0 spiro atoms. The predicted molar refractivity (Wildman–Crippen MR) is 99.8 cm³/mol. The van der Waals surface area contributed by atoms with Crippen LogP contribution in [0.4, 0.5) is 4.79 Å². The molecule has 3 fully saturated rings. The Balaban J connectivity index is 1.15. The summed E-state index contributed by atoms with van der Waals surface area (Å²) in [5.41, 5.74) is 2.03. The maximum atomic E-state index is 12.4. The third-order valence-corrected chi connectivity index (χ3v) is 6.86. The van der Waals surface area contributed by atoms with Crippen LogP contribution in [0, 0.1) is 23.7 Å². The Labute approximate surface area is 154 Å². The number of para-hydroxylation sites is 1. The van der Waals surface area contributed by atoms with Gasteiger partial charge in [0.2, 0.25) is 0 Å². The monoisotopic (exact) mass is 350 g/mol. The molecule has 5 atom stereocenters. The minimum absolute atomic E-state index is 0.0374. The fourth-order valence-corrected chi connectivity index (χ4v) is 5.81. The number of nitrogens with one attached hydrogen (secondary N) is 2. The summed E-state index contributed by atoms with van der Waals surface area (Å²) in [7, 11) is 0. The second-order valence-electron chi connectivity index (χ2n) is 8.22. The highest BCUT2D eigenvalue weighted by atomic mass is 16.2. The second kappa shape index (κ2) is 6.45. The Bertz CT molecular complexity index is 786. The lowest BCUT2D eigenvalue weighted by molar-refractivity contribution is 0.197. The Morgan fingerprint density at radius 3 is 2.85 bits per heavy atom. The van der Waals surface area contributed by atoms with Gasteiger partial charge in [0.25, 0.3) is 0 Å². The van der Waals surface area contributed by atoms with Crippen LogP contribution in [0.5, 0.6) is 0 Å². The number of hydrogen-bond acceptors (Lipinski definition) is 2. The molecule has 1 aromatic carbocycles. The molecule has 3 aliphatic carbocycles. The van der Waals surface area contributed by atoms with Gasteiger partial charge in [0.05, 0.1) is 11.9 Å². The first-order valence-corrected chi connectivity index (χ1v) is 9.91. The van der Waals surface area contributed by atoms with Gasteiger partial charge in [-0.3, -0.25) is 0 Å². The second-order valence-corrected chi connectivity index (χ2v) is 8.22. The number of amides is 2. The van der Waals surface area contributed by atoms with Gasteiger partial charge < -0.3 is 10.6 Å². The van der Waals surface area contributed by atoms with Gasteiger partial charge in [0.15, 0.2) is 0 Å². The lowest BCUT2D eigenvalue weighted by atomic mass is 9.79. The number of aromatic nitrogens is 2. The number of benzene rings is 1. The summed E-state index contributed by atoms with van der Waals surface area (Å²) in [6.07, 6.45) is 10.5. The third-order valence-electron chi connectivity index (χ3n) is 6.86. The van der Waals surface area contributed by atoms with E-state index in [2.05, 4.69) is 15.7 Å². The molecule has 3 aliphatic rings. The van der Waals surface area contributed by atoms with E-state index >= 15 is 0 Å². The molecule has 2 amide bonds. The molecule has 3 saturated carbocycles. The van der Waals surface area contributed by atoms with Crippen LogP contribution < -0.4 is 10.6 Å². The molecule has 1 heterocycles. The van der Waals surface area contributed by atoms with Crippen molar-refractivity contribution >= 4 is 6.03 Å². The van der Waals surface area contributed by atoms with E-state index in [1.165, 1.54) is 32.1 Å². The number of fused-ring (bicyclic) bond motifs is 5. The average molecular weight is 350 g/mol. The summed E-state index contributed by atoms with van der Waals surface area (Å²) in [5.74, 6) is 3.43. The van der Waals surface area contributed by atoms with E-state index in [4.69, 9.17) is 0 Å². The number of rotatable bonds is 4. The Kier molecular flexibility index (Phi) is 3.95. The zero-order chi connectivity index (χ0) is 17.5. The van der Waals surface area contributed by atoms with Crippen LogP contribution in [-0.2, 0) is 6.54 Å². The molecule has 136 valence electrons. The van der Waals surface area contributed by atoms with Crippen molar-refractivity contribution in [3.63, 3.8) is 0 Å². The quantitative estimate of drug-likeness (QED) is 0.887. The van der Waals surface area contributed by atoms with Crippen LogP contribution in [-0.4, -0.2) is 21.9 Å². The van der Waals surface area contributed by atoms with Crippen LogP contribution in [0.25, 0.3) is 5.69 Å². The van der Waals surface area contributed by atoms with Gasteiger partial charge in [0, 0.05) is 24.3 Å². The molecule has 0 aliphatic heterocycles. The van der Waals surface area contributed by atoms with Crippen LogP contribution in [0.2, 0.25) is 0 Å². The number of urea groups is 1. The molecule has 5 rings (SSSR count). The van der Waals surface area contributed by atoms with E-state index in [9.17, 15) is 4.79 Å². The molecule has 5 heteroatoms. The Morgan fingerprint density at radius 1 is 1.12 bits per heavy atom. The highest BCUT2D eigenvalue weighted by molar-refractivity contribution is 5.74. The van der Waals surface area contributed by atoms with Gasteiger partial charge in [0.1, 0.15) is 0 Å². The molecule has 1 aromatic heterocycles. The number of carbonyl (C=O) groups excluding carboxylic acids is 1. The molecule has 5 nitrogen and oxygen atoms in total. The fraction of sp³-hybridized carbons (Fsp3) is 0.524. The van der Waals surface area contributed by atoms with E-state index in [0.29, 0.717) is 12.6 Å². The van der Waals surface area contributed by atoms with Gasteiger partial charge in [-0.1, -0.05) is 24.6 Å². The molecule has 0 radical (unpaired) electrons. The predicted octanol–water partition coefficient (Wildman–Crippen LogP) is 3.50. The summed E-state index contributed by atoms with van der Waals surface area (Å²) in [5, 5.41) is 10.6. The van der Waals surface area contributed by atoms with Crippen molar-refractivity contribution in [2.75, 3.05) is 0 Å². The third kappa shape index (κ3) is 2.79. The van der Waals surface area contributed by atoms with E-state index in [1.54, 1.807) is 0 Å². The summed E-state index contributed by atoms with van der Waals surface area (Å²) in [4.78, 5) is 12.4. The van der Waals surface area contributed by atoms with E-state index in [1.807, 2.05) is 47.4 Å². The standard InChI is InChI=1S/C21H26N4O/c26-21(24-20-10-15-9-19(20)18-8-4-7-17(15)18)22-11-14-12-23-25(13-14)16-5-2-1-3-6-16/h1-3,5-6,12-13,15,17-20H,4,7-11H2,(H2,22,24,26)/t15-,17-,18+,19+,20-/m1/s1. The molecule has 2 N–H and O–H groups in total. The molecular weight excluding hydrogens is 324 g/mol. The molecule has 0 unspecified atom stereocenters. The van der Waals surface area contributed by atoms with E-state index in [-0.39, 0.29) is 6.03 Å². The van der Waals surface area contributed by atoms with E-state index < -0.39 is 0 Å². The van der Waals surface area contributed by atoms with E-state index in [0.717, 1.165) is 34.9 Å². The number of nitrogens with zero attached hydrogens (tertiary/aromatic N) is 2. The lowest BCUT2D eigenvalue weighted by Gasteiger charge is -2.32. The van der Waals surface area contributed by atoms with Crippen molar-refractivity contribution in [1.82, 2.24) is 20.4 Å². The number of hydrogen-bond donors (Lipinski definition) is 2. The maximum Gasteiger partial charge on any atom is 0.315 e. The van der Waals surface area contributed by atoms with Gasteiger partial charge in [-0.2, -0.15) is 5.10 Å². The zero-order valence-corrected chi connectivity index (χ0v) is 15.0. The Morgan fingerprint density at radius 2 is 1.96 bits per heavy atom. The van der Waals surface area contributed by atoms with Crippen molar-refractivity contribution < 1.29 is 4.79 Å². The van der Waals surface area contributed by atoms with Crippen molar-refractivity contribution in [1.29, 1.82) is 0 Å². The largest absolute Gasteiger partial charge is 0.335 e. The first-order chi connectivity index (χ1) is 12.8. The average Bonchev–Trinajstić information content (AvgIpc) is 3.42.